The summed E-state index contributed by atoms with van der Waals surface area (Å²) >= 11 is 0. The van der Waals surface area contributed by atoms with E-state index in [0.29, 0.717) is 17.9 Å². The van der Waals surface area contributed by atoms with Crippen LogP contribution in [0, 0.1) is 0 Å². The van der Waals surface area contributed by atoms with Crippen molar-refractivity contribution in [3.8, 4) is 11.4 Å². The summed E-state index contributed by atoms with van der Waals surface area (Å²) in [5, 5.41) is 15.3. The summed E-state index contributed by atoms with van der Waals surface area (Å²) in [7, 11) is 1.65. The highest BCUT2D eigenvalue weighted by molar-refractivity contribution is 5.95. The Kier molecular flexibility index (Phi) is 3.69. The van der Waals surface area contributed by atoms with E-state index in [4.69, 9.17) is 5.11 Å². The zero-order valence-electron chi connectivity index (χ0n) is 10.00. The number of hydrogen-bond acceptors (Lipinski definition) is 4. The van der Waals surface area contributed by atoms with Gasteiger partial charge in [-0.3, -0.25) is 9.89 Å². The van der Waals surface area contributed by atoms with Gasteiger partial charge in [-0.05, 0) is 12.1 Å². The van der Waals surface area contributed by atoms with E-state index in [1.807, 2.05) is 6.07 Å². The molecule has 0 saturated heterocycles. The largest absolute Gasteiger partial charge is 0.395 e. The van der Waals surface area contributed by atoms with Crippen LogP contribution in [0.2, 0.25) is 0 Å². The Balaban J connectivity index is 2.25. The third-order valence-corrected chi connectivity index (χ3v) is 2.58. The molecule has 2 N–H and O–H groups in total. The Morgan fingerprint density at radius 1 is 1.50 bits per heavy atom. The van der Waals surface area contributed by atoms with Crippen LogP contribution in [0.15, 0.2) is 30.6 Å². The SMILES string of the molecule is CN(CCO)C(=O)c1cccc(-c2ncn[nH]2)c1. The van der Waals surface area contributed by atoms with E-state index in [1.54, 1.807) is 25.2 Å². The minimum atomic E-state index is -0.134. The summed E-state index contributed by atoms with van der Waals surface area (Å²) in [6, 6.07) is 7.12. The lowest BCUT2D eigenvalue weighted by molar-refractivity contribution is 0.0767. The number of hydrogen-bond donors (Lipinski definition) is 2. The average Bonchev–Trinajstić information content (AvgIpc) is 2.92. The van der Waals surface area contributed by atoms with Gasteiger partial charge in [0.15, 0.2) is 5.82 Å². The molecule has 6 heteroatoms. The van der Waals surface area contributed by atoms with Gasteiger partial charge in [-0.1, -0.05) is 12.1 Å². The topological polar surface area (TPSA) is 82.1 Å². The van der Waals surface area contributed by atoms with Gasteiger partial charge >= 0.3 is 0 Å². The van der Waals surface area contributed by atoms with Gasteiger partial charge in [-0.2, -0.15) is 5.10 Å². The number of amides is 1. The molecule has 0 aliphatic heterocycles. The molecule has 0 aliphatic carbocycles. The van der Waals surface area contributed by atoms with Crippen LogP contribution in [0.3, 0.4) is 0 Å². The lowest BCUT2D eigenvalue weighted by atomic mass is 10.1. The van der Waals surface area contributed by atoms with E-state index in [2.05, 4.69) is 15.2 Å². The van der Waals surface area contributed by atoms with Crippen LogP contribution < -0.4 is 0 Å². The number of likely N-dealkylation sites (N-methyl/N-ethyl adjacent to an activating group) is 1. The first-order chi connectivity index (χ1) is 8.72. The highest BCUT2D eigenvalue weighted by atomic mass is 16.3. The third-order valence-electron chi connectivity index (χ3n) is 2.58. The van der Waals surface area contributed by atoms with Gasteiger partial charge in [0.05, 0.1) is 6.61 Å². The van der Waals surface area contributed by atoms with Crippen LogP contribution in [0.5, 0.6) is 0 Å². The van der Waals surface area contributed by atoms with Crippen LogP contribution in [-0.2, 0) is 0 Å². The van der Waals surface area contributed by atoms with Gasteiger partial charge in [0.25, 0.3) is 5.91 Å². The number of benzene rings is 1. The van der Waals surface area contributed by atoms with Crippen molar-refractivity contribution in [1.82, 2.24) is 20.1 Å². The van der Waals surface area contributed by atoms with Gasteiger partial charge in [0, 0.05) is 24.7 Å². The van der Waals surface area contributed by atoms with Crippen molar-refractivity contribution in [1.29, 1.82) is 0 Å². The number of H-pyrrole nitrogens is 1. The summed E-state index contributed by atoms with van der Waals surface area (Å²) < 4.78 is 0. The number of nitrogens with zero attached hydrogens (tertiary/aromatic N) is 3. The van der Waals surface area contributed by atoms with E-state index < -0.39 is 0 Å². The first kappa shape index (κ1) is 12.3. The number of rotatable bonds is 4. The van der Waals surface area contributed by atoms with E-state index in [1.165, 1.54) is 11.2 Å². The highest BCUT2D eigenvalue weighted by Gasteiger charge is 2.12. The molecule has 6 nitrogen and oxygen atoms in total. The number of carbonyl (C=O) groups excluding carboxylic acids is 1. The van der Waals surface area contributed by atoms with Crippen molar-refractivity contribution < 1.29 is 9.90 Å². The maximum Gasteiger partial charge on any atom is 0.253 e. The van der Waals surface area contributed by atoms with E-state index >= 15 is 0 Å². The molecule has 1 heterocycles. The molecular weight excluding hydrogens is 232 g/mol. The van der Waals surface area contributed by atoms with Crippen molar-refractivity contribution in [3.05, 3.63) is 36.2 Å². The number of nitrogens with one attached hydrogen (secondary N) is 1. The molecule has 1 aromatic heterocycles. The molecule has 0 bridgehead atoms. The summed E-state index contributed by atoms with van der Waals surface area (Å²) in [5.41, 5.74) is 1.36. The molecule has 0 saturated carbocycles. The number of carbonyl (C=O) groups is 1. The van der Waals surface area contributed by atoms with E-state index in [-0.39, 0.29) is 12.5 Å². The van der Waals surface area contributed by atoms with Crippen molar-refractivity contribution >= 4 is 5.91 Å². The third kappa shape index (κ3) is 2.54. The monoisotopic (exact) mass is 246 g/mol. The Morgan fingerprint density at radius 2 is 2.33 bits per heavy atom. The number of aromatic amines is 1. The van der Waals surface area contributed by atoms with Crippen LogP contribution in [-0.4, -0.2) is 51.3 Å². The van der Waals surface area contributed by atoms with Gasteiger partial charge in [-0.25, -0.2) is 4.98 Å². The molecule has 0 radical (unpaired) electrons. The van der Waals surface area contributed by atoms with Crippen molar-refractivity contribution in [3.63, 3.8) is 0 Å². The second-order valence-electron chi connectivity index (χ2n) is 3.87. The Hall–Kier alpha value is -2.21. The fourth-order valence-corrected chi connectivity index (χ4v) is 1.62. The molecular formula is C12H14N4O2. The van der Waals surface area contributed by atoms with Crippen molar-refractivity contribution in [2.24, 2.45) is 0 Å². The Morgan fingerprint density at radius 3 is 3.00 bits per heavy atom. The first-order valence-electron chi connectivity index (χ1n) is 5.54. The minimum absolute atomic E-state index is 0.0516. The molecule has 0 fully saturated rings. The number of aliphatic hydroxyl groups is 1. The molecule has 0 atom stereocenters. The summed E-state index contributed by atoms with van der Waals surface area (Å²) in [5.74, 6) is 0.486. The number of aliphatic hydroxyl groups excluding tert-OH is 1. The van der Waals surface area contributed by atoms with Crippen LogP contribution >= 0.6 is 0 Å². The predicted octanol–water partition coefficient (Wildman–Crippen LogP) is 0.536. The molecule has 2 rings (SSSR count). The summed E-state index contributed by atoms with van der Waals surface area (Å²) in [6.45, 7) is 0.259. The normalized spacial score (nSPS) is 10.3. The fourth-order valence-electron chi connectivity index (χ4n) is 1.62. The quantitative estimate of drug-likeness (QED) is 0.824. The lowest BCUT2D eigenvalue weighted by Gasteiger charge is -2.15. The standard InChI is InChI=1S/C12H14N4O2/c1-16(5-6-17)12(18)10-4-2-3-9(7-10)11-13-8-14-15-11/h2-4,7-8,17H,5-6H2,1H3,(H,13,14,15). The molecule has 0 spiro atoms. The van der Waals surface area contributed by atoms with Gasteiger partial charge in [-0.15, -0.1) is 0 Å². The molecule has 94 valence electrons. The minimum Gasteiger partial charge on any atom is -0.395 e. The second kappa shape index (κ2) is 5.42. The second-order valence-corrected chi connectivity index (χ2v) is 3.87. The first-order valence-corrected chi connectivity index (χ1v) is 5.54. The van der Waals surface area contributed by atoms with Gasteiger partial charge in [0.1, 0.15) is 6.33 Å². The maximum atomic E-state index is 12.0. The lowest BCUT2D eigenvalue weighted by Crippen LogP contribution is -2.29. The van der Waals surface area contributed by atoms with Gasteiger partial charge in [0.2, 0.25) is 0 Å². The van der Waals surface area contributed by atoms with Crippen LogP contribution in [0.25, 0.3) is 11.4 Å². The summed E-state index contributed by atoms with van der Waals surface area (Å²) in [6.07, 6.45) is 1.42. The van der Waals surface area contributed by atoms with Crippen molar-refractivity contribution in [2.75, 3.05) is 20.2 Å². The fraction of sp³-hybridized carbons (Fsp3) is 0.250. The molecule has 1 amide bonds. The zero-order chi connectivity index (χ0) is 13.0. The Labute approximate surface area is 104 Å². The molecule has 1 aromatic carbocycles. The van der Waals surface area contributed by atoms with E-state index in [0.717, 1.165) is 5.56 Å². The highest BCUT2D eigenvalue weighted by Crippen LogP contribution is 2.16. The van der Waals surface area contributed by atoms with Crippen molar-refractivity contribution in [2.45, 2.75) is 0 Å². The maximum absolute atomic E-state index is 12.0. The predicted molar refractivity (Wildman–Crippen MR) is 65.9 cm³/mol. The number of aromatic nitrogens is 3. The Bertz CT molecular complexity index is 525. The molecule has 18 heavy (non-hydrogen) atoms. The van der Waals surface area contributed by atoms with Gasteiger partial charge < -0.3 is 10.0 Å². The smallest absolute Gasteiger partial charge is 0.253 e. The van der Waals surface area contributed by atoms with Crippen LogP contribution in [0.1, 0.15) is 10.4 Å². The molecule has 0 aliphatic rings. The van der Waals surface area contributed by atoms with Crippen LogP contribution in [0.4, 0.5) is 0 Å². The molecule has 2 aromatic rings. The summed E-state index contributed by atoms with van der Waals surface area (Å²) in [4.78, 5) is 17.5. The van der Waals surface area contributed by atoms with E-state index in [9.17, 15) is 4.79 Å². The molecule has 0 unspecified atom stereocenters. The zero-order valence-corrected chi connectivity index (χ0v) is 10.00. The average molecular weight is 246 g/mol.